The summed E-state index contributed by atoms with van der Waals surface area (Å²) >= 11 is 5.68. The van der Waals surface area contributed by atoms with Crippen LogP contribution < -0.4 is 4.74 Å². The van der Waals surface area contributed by atoms with E-state index >= 15 is 0 Å². The van der Waals surface area contributed by atoms with E-state index in [2.05, 4.69) is 19.8 Å². The summed E-state index contributed by atoms with van der Waals surface area (Å²) in [6.45, 7) is 0. The lowest BCUT2D eigenvalue weighted by atomic mass is 10.2. The summed E-state index contributed by atoms with van der Waals surface area (Å²) in [5, 5.41) is 12.2. The highest BCUT2D eigenvalue weighted by Gasteiger charge is 2.34. The van der Waals surface area contributed by atoms with Gasteiger partial charge >= 0.3 is 12.3 Å². The molecule has 0 atom stereocenters. The molecule has 0 amide bonds. The van der Waals surface area contributed by atoms with Crippen LogP contribution in [-0.2, 0) is 6.18 Å². The molecule has 7 nitrogen and oxygen atoms in total. The number of aromatic nitrogens is 4. The number of ether oxygens (including phenoxy) is 1. The minimum Gasteiger partial charge on any atom is -0.449 e. The van der Waals surface area contributed by atoms with Crippen molar-refractivity contribution in [3.05, 3.63) is 35.1 Å². The molecule has 0 saturated heterocycles. The number of nitrogens with zero attached hydrogens (tertiary/aromatic N) is 3. The zero-order valence-electron chi connectivity index (χ0n) is 10.9. The minimum absolute atomic E-state index is 0.00368. The molecule has 0 aliphatic carbocycles. The second-order valence-electron chi connectivity index (χ2n) is 4.39. The standard InChI is InChI=1S/C12H6ClF3N4O3/c13-5-1-7(12(14,15)16)9-8(2-5)18-10(19-9)20-4-6(3-17-20)23-11(21)22/h1-4H,(H,18,19)(H,21,22). The number of fused-ring (bicyclic) bond motifs is 1. The van der Waals surface area contributed by atoms with Gasteiger partial charge in [-0.15, -0.1) is 0 Å². The number of halogens is 4. The fourth-order valence-electron chi connectivity index (χ4n) is 1.97. The van der Waals surface area contributed by atoms with Crippen LogP contribution >= 0.6 is 11.6 Å². The van der Waals surface area contributed by atoms with Crippen LogP contribution in [0.1, 0.15) is 5.56 Å². The number of nitrogens with one attached hydrogen (secondary N) is 1. The third-order valence-corrected chi connectivity index (χ3v) is 3.05. The summed E-state index contributed by atoms with van der Waals surface area (Å²) in [6.07, 6.45) is -3.92. The van der Waals surface area contributed by atoms with Crippen molar-refractivity contribution in [3.8, 4) is 11.7 Å². The molecule has 120 valence electrons. The number of alkyl halides is 3. The highest BCUT2D eigenvalue weighted by Crippen LogP contribution is 2.36. The molecule has 3 rings (SSSR count). The number of carbonyl (C=O) groups is 1. The molecule has 23 heavy (non-hydrogen) atoms. The average molecular weight is 347 g/mol. The zero-order chi connectivity index (χ0) is 16.8. The Balaban J connectivity index is 2.10. The second-order valence-corrected chi connectivity index (χ2v) is 4.83. The van der Waals surface area contributed by atoms with E-state index in [9.17, 15) is 18.0 Å². The van der Waals surface area contributed by atoms with Crippen LogP contribution in [0.25, 0.3) is 17.0 Å². The van der Waals surface area contributed by atoms with Crippen molar-refractivity contribution >= 4 is 28.8 Å². The number of hydrogen-bond donors (Lipinski definition) is 2. The van der Waals surface area contributed by atoms with E-state index in [0.717, 1.165) is 23.1 Å². The Bertz CT molecular complexity index is 903. The van der Waals surface area contributed by atoms with Crippen LogP contribution in [0.3, 0.4) is 0 Å². The van der Waals surface area contributed by atoms with E-state index in [4.69, 9.17) is 16.7 Å². The normalized spacial score (nSPS) is 11.8. The lowest BCUT2D eigenvalue weighted by Crippen LogP contribution is -2.06. The third-order valence-electron chi connectivity index (χ3n) is 2.83. The average Bonchev–Trinajstić information content (AvgIpc) is 3.01. The van der Waals surface area contributed by atoms with E-state index in [0.29, 0.717) is 0 Å². The maximum atomic E-state index is 13.0. The lowest BCUT2D eigenvalue weighted by molar-refractivity contribution is -0.136. The number of imidazole rings is 1. The molecule has 3 aromatic rings. The first-order valence-electron chi connectivity index (χ1n) is 5.96. The van der Waals surface area contributed by atoms with E-state index in [-0.39, 0.29) is 27.8 Å². The van der Waals surface area contributed by atoms with Gasteiger partial charge in [-0.3, -0.25) is 0 Å². The van der Waals surface area contributed by atoms with E-state index in [1.807, 2.05) is 0 Å². The first kappa shape index (κ1) is 15.2. The summed E-state index contributed by atoms with van der Waals surface area (Å²) < 4.78 is 44.6. The van der Waals surface area contributed by atoms with Gasteiger partial charge in [-0.2, -0.15) is 18.3 Å². The molecule has 11 heteroatoms. The predicted octanol–water partition coefficient (Wildman–Crippen LogP) is 3.48. The molecule has 0 spiro atoms. The predicted molar refractivity (Wildman–Crippen MR) is 71.9 cm³/mol. The van der Waals surface area contributed by atoms with Gasteiger partial charge in [0.15, 0.2) is 5.75 Å². The third kappa shape index (κ3) is 2.93. The van der Waals surface area contributed by atoms with Gasteiger partial charge in [0.1, 0.15) is 0 Å². The summed E-state index contributed by atoms with van der Waals surface area (Å²) in [7, 11) is 0. The quantitative estimate of drug-likeness (QED) is 0.693. The fraction of sp³-hybridized carbons (Fsp3) is 0.0833. The number of benzene rings is 1. The van der Waals surface area contributed by atoms with E-state index < -0.39 is 17.9 Å². The van der Waals surface area contributed by atoms with Crippen molar-refractivity contribution in [2.24, 2.45) is 0 Å². The van der Waals surface area contributed by atoms with Gasteiger partial charge in [0.2, 0.25) is 5.95 Å². The summed E-state index contributed by atoms with van der Waals surface area (Å²) in [4.78, 5) is 16.9. The Morgan fingerprint density at radius 1 is 1.39 bits per heavy atom. The van der Waals surface area contributed by atoms with Gasteiger partial charge in [-0.1, -0.05) is 11.6 Å². The molecule has 0 aliphatic heterocycles. The van der Waals surface area contributed by atoms with Crippen LogP contribution in [-0.4, -0.2) is 31.0 Å². The van der Waals surface area contributed by atoms with Crippen molar-refractivity contribution in [1.82, 2.24) is 19.7 Å². The number of aromatic amines is 1. The molecule has 0 bridgehead atoms. The second kappa shape index (κ2) is 5.16. The molecule has 0 fully saturated rings. The first-order valence-corrected chi connectivity index (χ1v) is 6.34. The Morgan fingerprint density at radius 2 is 2.13 bits per heavy atom. The molecule has 0 saturated carbocycles. The molecular weight excluding hydrogens is 341 g/mol. The number of H-pyrrole nitrogens is 1. The van der Waals surface area contributed by atoms with Crippen LogP contribution in [0.15, 0.2) is 24.5 Å². The van der Waals surface area contributed by atoms with Crippen molar-refractivity contribution in [2.45, 2.75) is 6.18 Å². The first-order chi connectivity index (χ1) is 10.7. The largest absolute Gasteiger partial charge is 0.511 e. The van der Waals surface area contributed by atoms with E-state index in [1.54, 1.807) is 0 Å². The zero-order valence-corrected chi connectivity index (χ0v) is 11.7. The molecule has 2 aromatic heterocycles. The Hall–Kier alpha value is -2.75. The molecule has 2 heterocycles. The van der Waals surface area contributed by atoms with Crippen molar-refractivity contribution in [3.63, 3.8) is 0 Å². The monoisotopic (exact) mass is 346 g/mol. The van der Waals surface area contributed by atoms with Crippen molar-refractivity contribution in [1.29, 1.82) is 0 Å². The van der Waals surface area contributed by atoms with Gasteiger partial charge in [0, 0.05) is 5.02 Å². The molecule has 0 radical (unpaired) electrons. The van der Waals surface area contributed by atoms with Crippen molar-refractivity contribution < 1.29 is 27.8 Å². The van der Waals surface area contributed by atoms with Crippen LogP contribution in [0, 0.1) is 0 Å². The van der Waals surface area contributed by atoms with Gasteiger partial charge < -0.3 is 14.8 Å². The maximum Gasteiger partial charge on any atom is 0.511 e. The Morgan fingerprint density at radius 3 is 2.78 bits per heavy atom. The SMILES string of the molecule is O=C(O)Oc1cnn(-c2nc3cc(Cl)cc(C(F)(F)F)c3[nH]2)c1. The van der Waals surface area contributed by atoms with Crippen LogP contribution in [0.4, 0.5) is 18.0 Å². The molecule has 0 aliphatic rings. The van der Waals surface area contributed by atoms with Gasteiger partial charge in [-0.25, -0.2) is 14.5 Å². The Kier molecular flexibility index (Phi) is 3.40. The van der Waals surface area contributed by atoms with Crippen molar-refractivity contribution in [2.75, 3.05) is 0 Å². The minimum atomic E-state index is -4.62. The molecule has 1 aromatic carbocycles. The highest BCUT2D eigenvalue weighted by molar-refractivity contribution is 6.31. The van der Waals surface area contributed by atoms with E-state index in [1.165, 1.54) is 6.07 Å². The van der Waals surface area contributed by atoms with Crippen LogP contribution in [0.2, 0.25) is 5.02 Å². The van der Waals surface area contributed by atoms with Gasteiger partial charge in [-0.05, 0) is 12.1 Å². The highest BCUT2D eigenvalue weighted by atomic mass is 35.5. The van der Waals surface area contributed by atoms with Gasteiger partial charge in [0.05, 0.1) is 29.0 Å². The number of hydrogen-bond acceptors (Lipinski definition) is 4. The molecular formula is C12H6ClF3N4O3. The smallest absolute Gasteiger partial charge is 0.449 e. The molecule has 2 N–H and O–H groups in total. The fourth-order valence-corrected chi connectivity index (χ4v) is 2.19. The van der Waals surface area contributed by atoms with Gasteiger partial charge in [0.25, 0.3) is 0 Å². The lowest BCUT2D eigenvalue weighted by Gasteiger charge is -2.07. The Labute approximate surface area is 130 Å². The van der Waals surface area contributed by atoms with Crippen LogP contribution in [0.5, 0.6) is 5.75 Å². The summed E-state index contributed by atoms with van der Waals surface area (Å²) in [5.41, 5.74) is -1.22. The summed E-state index contributed by atoms with van der Waals surface area (Å²) in [6, 6.07) is 2.05. The maximum absolute atomic E-state index is 13.0. The number of rotatable bonds is 2. The number of carboxylic acid groups (broad SMARTS) is 1. The molecule has 0 unspecified atom stereocenters. The summed E-state index contributed by atoms with van der Waals surface area (Å²) in [5.74, 6) is -0.153. The topological polar surface area (TPSA) is 93.0 Å².